The fourth-order valence-corrected chi connectivity index (χ4v) is 2.17. The van der Waals surface area contributed by atoms with E-state index in [1.165, 1.54) is 5.56 Å². The Balaban J connectivity index is 2.42. The molecule has 3 heteroatoms. The molecule has 0 bridgehead atoms. The van der Waals surface area contributed by atoms with Gasteiger partial charge in [-0.3, -0.25) is 0 Å². The molecule has 1 aliphatic rings. The Morgan fingerprint density at radius 3 is 2.69 bits per heavy atom. The van der Waals surface area contributed by atoms with Crippen LogP contribution in [0.3, 0.4) is 0 Å². The van der Waals surface area contributed by atoms with Crippen LogP contribution in [0.1, 0.15) is 17.0 Å². The van der Waals surface area contributed by atoms with Crippen LogP contribution in [0.25, 0.3) is 0 Å². The van der Waals surface area contributed by atoms with Crippen LogP contribution in [-0.2, 0) is 0 Å². The van der Waals surface area contributed by atoms with Gasteiger partial charge < -0.3 is 10.4 Å². The van der Waals surface area contributed by atoms with Gasteiger partial charge in [-0.15, -0.1) is 0 Å². The molecule has 1 saturated heterocycles. The maximum atomic E-state index is 9.78. The highest BCUT2D eigenvalue weighted by atomic mass is 79.9. The molecule has 0 atom stereocenters. The van der Waals surface area contributed by atoms with Crippen molar-refractivity contribution >= 4 is 15.9 Å². The first-order valence-electron chi connectivity index (χ1n) is 4.38. The standard InChI is InChI=1S/C10H12BrNO/c1-6-2-8(7-4-12-5-7)10(13)9(11)3-6/h2-3,7,12-13H,4-5H2,1H3. The summed E-state index contributed by atoms with van der Waals surface area (Å²) in [5, 5.41) is 13.0. The first-order valence-corrected chi connectivity index (χ1v) is 5.17. The molecule has 13 heavy (non-hydrogen) atoms. The van der Waals surface area contributed by atoms with Gasteiger partial charge in [-0.25, -0.2) is 0 Å². The van der Waals surface area contributed by atoms with Crippen molar-refractivity contribution in [2.75, 3.05) is 13.1 Å². The van der Waals surface area contributed by atoms with Gasteiger partial charge in [0.05, 0.1) is 4.47 Å². The smallest absolute Gasteiger partial charge is 0.133 e. The Morgan fingerprint density at radius 2 is 2.15 bits per heavy atom. The highest BCUT2D eigenvalue weighted by Crippen LogP contribution is 2.35. The highest BCUT2D eigenvalue weighted by Gasteiger charge is 2.22. The van der Waals surface area contributed by atoms with Crippen LogP contribution < -0.4 is 5.32 Å². The van der Waals surface area contributed by atoms with Crippen molar-refractivity contribution in [3.63, 3.8) is 0 Å². The van der Waals surface area contributed by atoms with Crippen LogP contribution >= 0.6 is 15.9 Å². The molecule has 1 aromatic rings. The highest BCUT2D eigenvalue weighted by molar-refractivity contribution is 9.10. The molecule has 1 aliphatic heterocycles. The Morgan fingerprint density at radius 1 is 1.46 bits per heavy atom. The van der Waals surface area contributed by atoms with Gasteiger partial charge in [0.15, 0.2) is 0 Å². The van der Waals surface area contributed by atoms with Gasteiger partial charge in [0.1, 0.15) is 5.75 Å². The fraction of sp³-hybridized carbons (Fsp3) is 0.400. The maximum Gasteiger partial charge on any atom is 0.133 e. The van der Waals surface area contributed by atoms with Gasteiger partial charge in [0.2, 0.25) is 0 Å². The molecule has 1 heterocycles. The van der Waals surface area contributed by atoms with Crippen molar-refractivity contribution in [1.29, 1.82) is 0 Å². The van der Waals surface area contributed by atoms with E-state index < -0.39 is 0 Å². The van der Waals surface area contributed by atoms with E-state index in [9.17, 15) is 5.11 Å². The number of aryl methyl sites for hydroxylation is 1. The average Bonchev–Trinajstić information content (AvgIpc) is 1.95. The van der Waals surface area contributed by atoms with Crippen molar-refractivity contribution in [1.82, 2.24) is 5.32 Å². The lowest BCUT2D eigenvalue weighted by Crippen LogP contribution is -2.39. The summed E-state index contributed by atoms with van der Waals surface area (Å²) >= 11 is 3.35. The number of rotatable bonds is 1. The molecule has 1 aromatic carbocycles. The molecule has 0 unspecified atom stereocenters. The number of nitrogens with one attached hydrogen (secondary N) is 1. The van der Waals surface area contributed by atoms with Crippen molar-refractivity contribution in [2.45, 2.75) is 12.8 Å². The molecule has 2 N–H and O–H groups in total. The summed E-state index contributed by atoms with van der Waals surface area (Å²) in [5.74, 6) is 0.883. The number of phenols is 1. The van der Waals surface area contributed by atoms with Crippen molar-refractivity contribution in [3.05, 3.63) is 27.7 Å². The van der Waals surface area contributed by atoms with Crippen molar-refractivity contribution in [2.24, 2.45) is 0 Å². The van der Waals surface area contributed by atoms with Gasteiger partial charge >= 0.3 is 0 Å². The van der Waals surface area contributed by atoms with Gasteiger partial charge in [-0.2, -0.15) is 0 Å². The van der Waals surface area contributed by atoms with E-state index >= 15 is 0 Å². The van der Waals surface area contributed by atoms with Crippen LogP contribution in [0.2, 0.25) is 0 Å². The molecule has 0 amide bonds. The molecular weight excluding hydrogens is 230 g/mol. The van der Waals surface area contributed by atoms with E-state index in [0.717, 1.165) is 23.1 Å². The predicted octanol–water partition coefficient (Wildman–Crippen LogP) is 2.15. The van der Waals surface area contributed by atoms with Crippen molar-refractivity contribution in [3.8, 4) is 5.75 Å². The fourth-order valence-electron chi connectivity index (χ4n) is 1.58. The van der Waals surface area contributed by atoms with E-state index in [4.69, 9.17) is 0 Å². The lowest BCUT2D eigenvalue weighted by atomic mass is 9.92. The summed E-state index contributed by atoms with van der Waals surface area (Å²) in [4.78, 5) is 0. The number of hydrogen-bond donors (Lipinski definition) is 2. The summed E-state index contributed by atoms with van der Waals surface area (Å²) in [7, 11) is 0. The van der Waals surface area contributed by atoms with E-state index in [-0.39, 0.29) is 0 Å². The zero-order chi connectivity index (χ0) is 9.42. The number of phenolic OH excluding ortho intramolecular Hbond substituents is 1. The molecule has 0 aromatic heterocycles. The molecule has 70 valence electrons. The third kappa shape index (κ3) is 1.58. The van der Waals surface area contributed by atoms with Gasteiger partial charge in [0.25, 0.3) is 0 Å². The second kappa shape index (κ2) is 3.31. The third-order valence-corrected chi connectivity index (χ3v) is 3.06. The molecule has 2 rings (SSSR count). The molecule has 2 nitrogen and oxygen atoms in total. The Kier molecular flexibility index (Phi) is 2.30. The molecule has 0 radical (unpaired) electrons. The van der Waals surface area contributed by atoms with E-state index in [1.807, 2.05) is 13.0 Å². The Labute approximate surface area is 86.1 Å². The summed E-state index contributed by atoms with van der Waals surface area (Å²) in [6.07, 6.45) is 0. The zero-order valence-corrected chi connectivity index (χ0v) is 9.06. The van der Waals surface area contributed by atoms with Gasteiger partial charge in [-0.1, -0.05) is 6.07 Å². The molecule has 0 spiro atoms. The monoisotopic (exact) mass is 241 g/mol. The number of halogens is 1. The van der Waals surface area contributed by atoms with E-state index in [0.29, 0.717) is 11.7 Å². The second-order valence-corrected chi connectivity index (χ2v) is 4.39. The number of aromatic hydroxyl groups is 1. The second-order valence-electron chi connectivity index (χ2n) is 3.54. The van der Waals surface area contributed by atoms with Crippen LogP contribution in [0.4, 0.5) is 0 Å². The minimum Gasteiger partial charge on any atom is -0.506 e. The first kappa shape index (κ1) is 9.03. The van der Waals surface area contributed by atoms with E-state index in [1.54, 1.807) is 0 Å². The lowest BCUT2D eigenvalue weighted by molar-refractivity contribution is 0.411. The number of benzene rings is 1. The minimum atomic E-state index is 0.400. The SMILES string of the molecule is Cc1cc(Br)c(O)c(C2CNC2)c1. The lowest BCUT2D eigenvalue weighted by Gasteiger charge is -2.28. The summed E-state index contributed by atoms with van der Waals surface area (Å²) in [5.41, 5.74) is 2.25. The molecule has 0 aliphatic carbocycles. The zero-order valence-electron chi connectivity index (χ0n) is 7.47. The molecular formula is C10H12BrNO. The van der Waals surface area contributed by atoms with Gasteiger partial charge in [0, 0.05) is 24.6 Å². The minimum absolute atomic E-state index is 0.400. The molecule has 1 fully saturated rings. The Hall–Kier alpha value is -0.540. The van der Waals surface area contributed by atoms with Crippen LogP contribution in [0.5, 0.6) is 5.75 Å². The summed E-state index contributed by atoms with van der Waals surface area (Å²) < 4.78 is 0.800. The molecule has 0 saturated carbocycles. The summed E-state index contributed by atoms with van der Waals surface area (Å²) in [6.45, 7) is 3.99. The largest absolute Gasteiger partial charge is 0.506 e. The van der Waals surface area contributed by atoms with Crippen LogP contribution in [-0.4, -0.2) is 18.2 Å². The maximum absolute atomic E-state index is 9.78. The van der Waals surface area contributed by atoms with E-state index in [2.05, 4.69) is 27.3 Å². The Bertz CT molecular complexity index is 334. The quantitative estimate of drug-likeness (QED) is 0.790. The van der Waals surface area contributed by atoms with Crippen LogP contribution in [0.15, 0.2) is 16.6 Å². The number of hydrogen-bond acceptors (Lipinski definition) is 2. The summed E-state index contributed by atoms with van der Waals surface area (Å²) in [6, 6.07) is 4.00. The topological polar surface area (TPSA) is 32.3 Å². The average molecular weight is 242 g/mol. The first-order chi connectivity index (χ1) is 6.18. The van der Waals surface area contributed by atoms with Gasteiger partial charge in [-0.05, 0) is 34.5 Å². The normalized spacial score (nSPS) is 17.1. The van der Waals surface area contributed by atoms with Crippen LogP contribution in [0, 0.1) is 6.92 Å². The van der Waals surface area contributed by atoms with Crippen molar-refractivity contribution < 1.29 is 5.11 Å². The third-order valence-electron chi connectivity index (χ3n) is 2.46. The predicted molar refractivity (Wildman–Crippen MR) is 56.2 cm³/mol.